The SMILES string of the molecule is CC(=Nc1ccccc1O[Si](C)C)c1cncnc1. The van der Waals surface area contributed by atoms with E-state index in [1.165, 1.54) is 6.33 Å². The predicted molar refractivity (Wildman–Crippen MR) is 78.5 cm³/mol. The lowest BCUT2D eigenvalue weighted by molar-refractivity contribution is 0.582. The van der Waals surface area contributed by atoms with Crippen LogP contribution in [0.25, 0.3) is 0 Å². The van der Waals surface area contributed by atoms with Crippen molar-refractivity contribution in [3.8, 4) is 5.75 Å². The molecule has 0 spiro atoms. The standard InChI is InChI=1S/C14H16N3OSi/c1-11(12-8-15-10-16-9-12)17-13-6-4-5-7-14(13)18-19(2)3/h4-10H,1-3H3. The summed E-state index contributed by atoms with van der Waals surface area (Å²) in [6.45, 7) is 6.14. The van der Waals surface area contributed by atoms with E-state index in [2.05, 4.69) is 28.1 Å². The monoisotopic (exact) mass is 270 g/mol. The molecule has 1 aromatic carbocycles. The first-order valence-corrected chi connectivity index (χ1v) is 8.45. The Labute approximate surface area is 114 Å². The molecule has 0 aliphatic rings. The van der Waals surface area contributed by atoms with Crippen LogP contribution < -0.4 is 4.43 Å². The Morgan fingerprint density at radius 3 is 2.53 bits per heavy atom. The molecule has 0 aliphatic heterocycles. The van der Waals surface area contributed by atoms with Gasteiger partial charge in [-0.3, -0.25) is 0 Å². The quantitative estimate of drug-likeness (QED) is 0.633. The average molecular weight is 270 g/mol. The number of benzene rings is 1. The molecule has 2 rings (SSSR count). The Balaban J connectivity index is 2.32. The normalized spacial score (nSPS) is 11.7. The van der Waals surface area contributed by atoms with Gasteiger partial charge in [0.05, 0.1) is 0 Å². The number of nitrogens with zero attached hydrogens (tertiary/aromatic N) is 3. The maximum Gasteiger partial charge on any atom is 0.274 e. The number of aromatic nitrogens is 2. The summed E-state index contributed by atoms with van der Waals surface area (Å²) in [6, 6.07) is 7.82. The van der Waals surface area contributed by atoms with Crippen LogP contribution in [-0.4, -0.2) is 24.7 Å². The van der Waals surface area contributed by atoms with Gasteiger partial charge in [0.2, 0.25) is 0 Å². The molecule has 19 heavy (non-hydrogen) atoms. The number of hydrogen-bond donors (Lipinski definition) is 0. The first-order valence-electron chi connectivity index (χ1n) is 6.04. The van der Waals surface area contributed by atoms with Gasteiger partial charge in [0.15, 0.2) is 0 Å². The first kappa shape index (κ1) is 13.4. The Kier molecular flexibility index (Phi) is 4.41. The van der Waals surface area contributed by atoms with Gasteiger partial charge in [-0.2, -0.15) is 0 Å². The highest BCUT2D eigenvalue weighted by atomic mass is 28.3. The molecule has 0 unspecified atom stereocenters. The van der Waals surface area contributed by atoms with E-state index in [-0.39, 0.29) is 0 Å². The van der Waals surface area contributed by atoms with Crippen LogP contribution in [0, 0.1) is 0 Å². The summed E-state index contributed by atoms with van der Waals surface area (Å²) in [5.41, 5.74) is 2.63. The summed E-state index contributed by atoms with van der Waals surface area (Å²) < 4.78 is 5.85. The highest BCUT2D eigenvalue weighted by molar-refractivity contribution is 6.49. The van der Waals surface area contributed by atoms with E-state index in [1.54, 1.807) is 12.4 Å². The van der Waals surface area contributed by atoms with E-state index in [9.17, 15) is 0 Å². The molecular weight excluding hydrogens is 254 g/mol. The molecule has 0 atom stereocenters. The van der Waals surface area contributed by atoms with Gasteiger partial charge in [-0.15, -0.1) is 0 Å². The first-order chi connectivity index (χ1) is 9.16. The largest absolute Gasteiger partial charge is 0.541 e. The molecule has 97 valence electrons. The van der Waals surface area contributed by atoms with Crippen molar-refractivity contribution in [3.05, 3.63) is 48.5 Å². The van der Waals surface area contributed by atoms with E-state index in [0.717, 1.165) is 22.7 Å². The van der Waals surface area contributed by atoms with Crippen LogP contribution in [0.1, 0.15) is 12.5 Å². The summed E-state index contributed by atoms with van der Waals surface area (Å²) in [7, 11) is -0.802. The van der Waals surface area contributed by atoms with Crippen molar-refractivity contribution in [1.82, 2.24) is 9.97 Å². The minimum atomic E-state index is -0.802. The summed E-state index contributed by atoms with van der Waals surface area (Å²) >= 11 is 0. The van der Waals surface area contributed by atoms with Crippen molar-refractivity contribution >= 4 is 20.4 Å². The number of rotatable bonds is 4. The molecule has 0 saturated carbocycles. The molecule has 5 heteroatoms. The molecule has 0 N–H and O–H groups in total. The minimum absolute atomic E-state index is 0.802. The Morgan fingerprint density at radius 2 is 1.84 bits per heavy atom. The molecule has 0 fully saturated rings. The van der Waals surface area contributed by atoms with Crippen molar-refractivity contribution in [2.75, 3.05) is 0 Å². The van der Waals surface area contributed by atoms with Crippen molar-refractivity contribution in [2.45, 2.75) is 20.0 Å². The lowest BCUT2D eigenvalue weighted by Crippen LogP contribution is -2.11. The van der Waals surface area contributed by atoms with Gasteiger partial charge in [0.1, 0.15) is 17.8 Å². The van der Waals surface area contributed by atoms with E-state index in [4.69, 9.17) is 4.43 Å². The summed E-state index contributed by atoms with van der Waals surface area (Å²) in [6.07, 6.45) is 5.02. The van der Waals surface area contributed by atoms with Crippen molar-refractivity contribution < 1.29 is 4.43 Å². The van der Waals surface area contributed by atoms with Gasteiger partial charge in [0.25, 0.3) is 9.04 Å². The van der Waals surface area contributed by atoms with Crippen LogP contribution in [0.3, 0.4) is 0 Å². The maximum atomic E-state index is 5.85. The molecule has 4 nitrogen and oxygen atoms in total. The van der Waals surface area contributed by atoms with E-state index in [1.807, 2.05) is 31.2 Å². The van der Waals surface area contributed by atoms with Crippen LogP contribution in [0.15, 0.2) is 48.0 Å². The average Bonchev–Trinajstić information content (AvgIpc) is 2.41. The topological polar surface area (TPSA) is 47.4 Å². The second-order valence-corrected chi connectivity index (χ2v) is 6.32. The number of aliphatic imine (C=N–C) groups is 1. The van der Waals surface area contributed by atoms with Gasteiger partial charge in [-0.25, -0.2) is 15.0 Å². The second kappa shape index (κ2) is 6.24. The van der Waals surface area contributed by atoms with Crippen LogP contribution in [0.4, 0.5) is 5.69 Å². The highest BCUT2D eigenvalue weighted by Crippen LogP contribution is 2.28. The number of para-hydroxylation sites is 2. The van der Waals surface area contributed by atoms with Crippen LogP contribution >= 0.6 is 0 Å². The van der Waals surface area contributed by atoms with Crippen molar-refractivity contribution in [1.29, 1.82) is 0 Å². The van der Waals surface area contributed by atoms with Crippen LogP contribution in [0.5, 0.6) is 5.75 Å². The Hall–Kier alpha value is -2.01. The fraction of sp³-hybridized carbons (Fsp3) is 0.214. The molecule has 1 aromatic heterocycles. The zero-order chi connectivity index (χ0) is 13.7. The van der Waals surface area contributed by atoms with Gasteiger partial charge >= 0.3 is 0 Å². The molecular formula is C14H16N3OSi. The van der Waals surface area contributed by atoms with Crippen molar-refractivity contribution in [2.24, 2.45) is 4.99 Å². The number of hydrogen-bond acceptors (Lipinski definition) is 4. The Morgan fingerprint density at radius 1 is 1.16 bits per heavy atom. The van der Waals surface area contributed by atoms with E-state index >= 15 is 0 Å². The highest BCUT2D eigenvalue weighted by Gasteiger charge is 2.06. The third-order valence-electron chi connectivity index (χ3n) is 2.45. The summed E-state index contributed by atoms with van der Waals surface area (Å²) in [4.78, 5) is 12.6. The summed E-state index contributed by atoms with van der Waals surface area (Å²) in [5, 5.41) is 0. The van der Waals surface area contributed by atoms with Gasteiger partial charge in [0, 0.05) is 23.7 Å². The molecule has 2 aromatic rings. The predicted octanol–water partition coefficient (Wildman–Crippen LogP) is 3.25. The molecule has 0 bridgehead atoms. The lowest BCUT2D eigenvalue weighted by Gasteiger charge is -2.11. The fourth-order valence-corrected chi connectivity index (χ4v) is 2.20. The van der Waals surface area contributed by atoms with Crippen molar-refractivity contribution in [3.63, 3.8) is 0 Å². The third kappa shape index (κ3) is 3.72. The van der Waals surface area contributed by atoms with Gasteiger partial charge in [-0.05, 0) is 32.2 Å². The third-order valence-corrected chi connectivity index (χ3v) is 3.07. The smallest absolute Gasteiger partial charge is 0.274 e. The fourth-order valence-electron chi connectivity index (χ4n) is 1.59. The van der Waals surface area contributed by atoms with E-state index in [0.29, 0.717) is 0 Å². The Bertz CT molecular complexity index is 570. The summed E-state index contributed by atoms with van der Waals surface area (Å²) in [5.74, 6) is 0.831. The molecule has 0 aliphatic carbocycles. The van der Waals surface area contributed by atoms with Crippen LogP contribution in [-0.2, 0) is 0 Å². The van der Waals surface area contributed by atoms with E-state index < -0.39 is 9.04 Å². The molecule has 0 saturated heterocycles. The maximum absolute atomic E-state index is 5.85. The molecule has 1 heterocycles. The molecule has 1 radical (unpaired) electrons. The zero-order valence-electron chi connectivity index (χ0n) is 11.3. The zero-order valence-corrected chi connectivity index (χ0v) is 12.3. The minimum Gasteiger partial charge on any atom is -0.541 e. The van der Waals surface area contributed by atoms with Crippen LogP contribution in [0.2, 0.25) is 13.1 Å². The second-order valence-electron chi connectivity index (χ2n) is 4.30. The van der Waals surface area contributed by atoms with Gasteiger partial charge in [-0.1, -0.05) is 12.1 Å². The lowest BCUT2D eigenvalue weighted by atomic mass is 10.2. The van der Waals surface area contributed by atoms with Gasteiger partial charge < -0.3 is 4.43 Å². The molecule has 0 amide bonds.